The molecule has 0 aromatic heterocycles. The molecule has 0 atom stereocenters. The number of anilines is 1. The molecule has 1 aliphatic carbocycles. The first-order valence-corrected chi connectivity index (χ1v) is 7.69. The summed E-state index contributed by atoms with van der Waals surface area (Å²) in [6.07, 6.45) is 0. The van der Waals surface area contributed by atoms with Crippen molar-refractivity contribution in [2.24, 2.45) is 0 Å². The summed E-state index contributed by atoms with van der Waals surface area (Å²) < 4.78 is 1.05. The fourth-order valence-corrected chi connectivity index (χ4v) is 3.43. The lowest BCUT2D eigenvalue weighted by atomic mass is 10.1. The van der Waals surface area contributed by atoms with Gasteiger partial charge in [-0.15, -0.1) is 0 Å². The van der Waals surface area contributed by atoms with E-state index in [1.54, 1.807) is 0 Å². The van der Waals surface area contributed by atoms with E-state index in [4.69, 9.17) is 0 Å². The fraction of sp³-hybridized carbons (Fsp3) is 0.235. The Hall–Kier alpha value is -1.61. The van der Waals surface area contributed by atoms with Crippen LogP contribution in [0.2, 0.25) is 0 Å². The van der Waals surface area contributed by atoms with Crippen molar-refractivity contribution < 1.29 is 4.79 Å². The van der Waals surface area contributed by atoms with Crippen LogP contribution in [-0.2, 0) is 0 Å². The molecule has 0 N–H and O–H groups in total. The average molecular weight is 330 g/mol. The van der Waals surface area contributed by atoms with Crippen molar-refractivity contribution in [2.75, 3.05) is 18.0 Å². The second kappa shape index (κ2) is 5.06. The topological polar surface area (TPSA) is 20.3 Å². The molecule has 0 fully saturated rings. The van der Waals surface area contributed by atoms with E-state index in [2.05, 4.69) is 40.7 Å². The van der Waals surface area contributed by atoms with Gasteiger partial charge in [0.25, 0.3) is 0 Å². The van der Waals surface area contributed by atoms with Crippen molar-refractivity contribution in [2.45, 2.75) is 13.8 Å². The molecule has 0 amide bonds. The van der Waals surface area contributed by atoms with E-state index in [1.165, 1.54) is 0 Å². The number of hydrogen-bond donors (Lipinski definition) is 0. The van der Waals surface area contributed by atoms with Crippen molar-refractivity contribution in [1.29, 1.82) is 0 Å². The summed E-state index contributed by atoms with van der Waals surface area (Å²) in [4.78, 5) is 14.8. The van der Waals surface area contributed by atoms with Crippen LogP contribution in [0, 0.1) is 0 Å². The highest BCUT2D eigenvalue weighted by Gasteiger charge is 2.27. The molecule has 102 valence electrons. The quantitative estimate of drug-likeness (QED) is 0.704. The number of fused-ring (bicyclic) bond motifs is 3. The largest absolute Gasteiger partial charge is 0.371 e. The van der Waals surface area contributed by atoms with Crippen molar-refractivity contribution in [3.63, 3.8) is 0 Å². The molecule has 0 bridgehead atoms. The number of benzene rings is 2. The van der Waals surface area contributed by atoms with Crippen molar-refractivity contribution in [3.05, 3.63) is 52.0 Å². The highest BCUT2D eigenvalue weighted by Crippen LogP contribution is 2.41. The summed E-state index contributed by atoms with van der Waals surface area (Å²) in [5, 5.41) is 0. The standard InChI is InChI=1S/C17H16BrNO/c1-3-19(4-2)16-10-14-13(9-15(16)18)11-7-5-6-8-12(11)17(14)20/h5-10H,3-4H2,1-2H3. The molecule has 20 heavy (non-hydrogen) atoms. The van der Waals surface area contributed by atoms with Crippen molar-refractivity contribution in [1.82, 2.24) is 0 Å². The van der Waals surface area contributed by atoms with E-state index < -0.39 is 0 Å². The van der Waals surface area contributed by atoms with E-state index >= 15 is 0 Å². The third kappa shape index (κ3) is 1.88. The van der Waals surface area contributed by atoms with Gasteiger partial charge in [-0.1, -0.05) is 24.3 Å². The molecule has 2 nitrogen and oxygen atoms in total. The number of halogens is 1. The van der Waals surface area contributed by atoms with E-state index in [9.17, 15) is 4.79 Å². The maximum atomic E-state index is 12.5. The molecule has 0 spiro atoms. The maximum absolute atomic E-state index is 12.5. The zero-order chi connectivity index (χ0) is 14.3. The van der Waals surface area contributed by atoms with Crippen molar-refractivity contribution in [3.8, 4) is 11.1 Å². The number of carbonyl (C=O) groups is 1. The van der Waals surface area contributed by atoms with Crippen LogP contribution in [0.4, 0.5) is 5.69 Å². The molecule has 0 saturated heterocycles. The average Bonchev–Trinajstić information content (AvgIpc) is 2.74. The van der Waals surface area contributed by atoms with Gasteiger partial charge in [-0.25, -0.2) is 0 Å². The van der Waals surface area contributed by atoms with Gasteiger partial charge in [0.2, 0.25) is 0 Å². The highest BCUT2D eigenvalue weighted by molar-refractivity contribution is 9.10. The Labute approximate surface area is 127 Å². The predicted molar refractivity (Wildman–Crippen MR) is 86.6 cm³/mol. The maximum Gasteiger partial charge on any atom is 0.194 e. The van der Waals surface area contributed by atoms with Gasteiger partial charge in [0.05, 0.1) is 5.69 Å². The second-order valence-corrected chi connectivity index (χ2v) is 5.75. The Kier molecular flexibility index (Phi) is 3.38. The summed E-state index contributed by atoms with van der Waals surface area (Å²) in [5.41, 5.74) is 4.80. The molecule has 0 unspecified atom stereocenters. The molecule has 3 heteroatoms. The zero-order valence-electron chi connectivity index (χ0n) is 11.6. The van der Waals surface area contributed by atoms with Crippen LogP contribution in [0.15, 0.2) is 40.9 Å². The lowest BCUT2D eigenvalue weighted by molar-refractivity contribution is 0.104. The molecular weight excluding hydrogens is 314 g/mol. The third-order valence-electron chi connectivity index (χ3n) is 3.90. The van der Waals surface area contributed by atoms with Crippen LogP contribution in [0.1, 0.15) is 29.8 Å². The molecule has 3 rings (SSSR count). The van der Waals surface area contributed by atoms with Gasteiger partial charge >= 0.3 is 0 Å². The zero-order valence-corrected chi connectivity index (χ0v) is 13.2. The van der Waals surface area contributed by atoms with Gasteiger partial charge in [0.15, 0.2) is 5.78 Å². The monoisotopic (exact) mass is 329 g/mol. The SMILES string of the molecule is CCN(CC)c1cc2c(cc1Br)-c1ccccc1C2=O. The van der Waals surface area contributed by atoms with Crippen molar-refractivity contribution >= 4 is 27.4 Å². The predicted octanol–water partition coefficient (Wildman–Crippen LogP) is 4.51. The number of rotatable bonds is 3. The molecule has 0 saturated carbocycles. The Morgan fingerprint density at radius 2 is 1.60 bits per heavy atom. The third-order valence-corrected chi connectivity index (χ3v) is 4.53. The van der Waals surface area contributed by atoms with Crippen LogP contribution < -0.4 is 4.90 Å². The summed E-state index contributed by atoms with van der Waals surface area (Å²) in [7, 11) is 0. The fourth-order valence-electron chi connectivity index (χ4n) is 2.84. The first-order chi connectivity index (χ1) is 9.67. The molecule has 0 radical (unpaired) electrons. The van der Waals surface area contributed by atoms with Crippen LogP contribution in [0.25, 0.3) is 11.1 Å². The number of carbonyl (C=O) groups excluding carboxylic acids is 1. The molecule has 0 heterocycles. The highest BCUT2D eigenvalue weighted by atomic mass is 79.9. The molecule has 1 aliphatic rings. The summed E-state index contributed by atoms with van der Waals surface area (Å²) in [6, 6.07) is 11.9. The van der Waals surface area contributed by atoms with Gasteiger partial charge in [-0.3, -0.25) is 4.79 Å². The summed E-state index contributed by atoms with van der Waals surface area (Å²) >= 11 is 3.65. The van der Waals surface area contributed by atoms with Gasteiger partial charge in [0.1, 0.15) is 0 Å². The van der Waals surface area contributed by atoms with E-state index in [1.807, 2.05) is 30.3 Å². The molecule has 0 aliphatic heterocycles. The minimum Gasteiger partial charge on any atom is -0.371 e. The number of hydrogen-bond acceptors (Lipinski definition) is 2. The lowest BCUT2D eigenvalue weighted by Gasteiger charge is -2.23. The smallest absolute Gasteiger partial charge is 0.194 e. The number of nitrogens with zero attached hydrogens (tertiary/aromatic N) is 1. The first-order valence-electron chi connectivity index (χ1n) is 6.90. The minimum absolute atomic E-state index is 0.136. The van der Waals surface area contributed by atoms with E-state index in [0.717, 1.165) is 45.5 Å². The number of ketones is 1. The molecule has 2 aromatic carbocycles. The van der Waals surface area contributed by atoms with Crippen LogP contribution in [-0.4, -0.2) is 18.9 Å². The Bertz CT molecular complexity index is 689. The van der Waals surface area contributed by atoms with Gasteiger partial charge in [-0.05, 0) is 53.0 Å². The van der Waals surface area contributed by atoms with E-state index in [-0.39, 0.29) is 5.78 Å². The summed E-state index contributed by atoms with van der Waals surface area (Å²) in [6.45, 7) is 6.10. The van der Waals surface area contributed by atoms with Crippen LogP contribution >= 0.6 is 15.9 Å². The van der Waals surface area contributed by atoms with Gasteiger partial charge in [0, 0.05) is 28.7 Å². The van der Waals surface area contributed by atoms with E-state index in [0.29, 0.717) is 0 Å². The first kappa shape index (κ1) is 13.4. The normalized spacial score (nSPS) is 12.2. The van der Waals surface area contributed by atoms with Gasteiger partial charge < -0.3 is 4.90 Å². The van der Waals surface area contributed by atoms with Crippen LogP contribution in [0.5, 0.6) is 0 Å². The minimum atomic E-state index is 0.136. The molecular formula is C17H16BrNO. The van der Waals surface area contributed by atoms with Gasteiger partial charge in [-0.2, -0.15) is 0 Å². The Balaban J connectivity index is 2.20. The second-order valence-electron chi connectivity index (χ2n) is 4.90. The molecule has 2 aromatic rings. The summed E-state index contributed by atoms with van der Waals surface area (Å²) in [5.74, 6) is 0.136. The van der Waals surface area contributed by atoms with Crippen LogP contribution in [0.3, 0.4) is 0 Å². The lowest BCUT2D eigenvalue weighted by Crippen LogP contribution is -2.22. The Morgan fingerprint density at radius 3 is 2.25 bits per heavy atom. The Morgan fingerprint density at radius 1 is 0.950 bits per heavy atom.